The van der Waals surface area contributed by atoms with Crippen molar-refractivity contribution in [3.05, 3.63) is 12.2 Å². The van der Waals surface area contributed by atoms with Gasteiger partial charge in [-0.25, -0.2) is 4.79 Å². The Balaban J connectivity index is 1.61. The van der Waals surface area contributed by atoms with E-state index in [0.717, 1.165) is 12.8 Å². The minimum atomic E-state index is -0.497. The lowest BCUT2D eigenvalue weighted by molar-refractivity contribution is -0.125. The molecule has 0 saturated heterocycles. The van der Waals surface area contributed by atoms with E-state index in [0.29, 0.717) is 24.9 Å². The Kier molecular flexibility index (Phi) is 4.35. The summed E-state index contributed by atoms with van der Waals surface area (Å²) in [5.74, 6) is 1.23. The summed E-state index contributed by atoms with van der Waals surface area (Å²) in [5, 5.41) is 5.51. The Morgan fingerprint density at radius 1 is 1.15 bits per heavy atom. The highest BCUT2D eigenvalue weighted by molar-refractivity contribution is 5.80. The summed E-state index contributed by atoms with van der Waals surface area (Å²) < 4.78 is 5.11. The van der Waals surface area contributed by atoms with Gasteiger partial charge in [-0.2, -0.15) is 0 Å². The van der Waals surface area contributed by atoms with Gasteiger partial charge in [0, 0.05) is 19.0 Å². The second-order valence-corrected chi connectivity index (χ2v) is 6.61. The minimum absolute atomic E-state index is 0.104. The number of fused-ring (bicyclic) bond motifs is 2. The van der Waals surface area contributed by atoms with E-state index in [1.807, 2.05) is 20.8 Å². The fourth-order valence-corrected chi connectivity index (χ4v) is 2.88. The number of allylic oxidation sites excluding steroid dienone is 2. The van der Waals surface area contributed by atoms with Crippen molar-refractivity contribution in [2.75, 3.05) is 13.1 Å². The molecule has 1 fully saturated rings. The third kappa shape index (κ3) is 3.99. The molecule has 0 aromatic rings. The van der Waals surface area contributed by atoms with E-state index >= 15 is 0 Å². The van der Waals surface area contributed by atoms with Crippen molar-refractivity contribution < 1.29 is 14.3 Å². The van der Waals surface area contributed by atoms with Crippen LogP contribution in [0.5, 0.6) is 0 Å². The molecule has 0 heterocycles. The van der Waals surface area contributed by atoms with Gasteiger partial charge in [-0.1, -0.05) is 12.2 Å². The van der Waals surface area contributed by atoms with Gasteiger partial charge in [0.1, 0.15) is 5.60 Å². The monoisotopic (exact) mass is 280 g/mol. The zero-order valence-corrected chi connectivity index (χ0v) is 12.4. The van der Waals surface area contributed by atoms with Gasteiger partial charge in [-0.05, 0) is 45.4 Å². The quantitative estimate of drug-likeness (QED) is 0.610. The van der Waals surface area contributed by atoms with Crippen LogP contribution in [0.2, 0.25) is 0 Å². The first-order valence-corrected chi connectivity index (χ1v) is 7.28. The summed E-state index contributed by atoms with van der Waals surface area (Å²) in [6.45, 7) is 6.28. The Morgan fingerprint density at radius 2 is 1.85 bits per heavy atom. The molecule has 2 bridgehead atoms. The second kappa shape index (κ2) is 5.85. The van der Waals surface area contributed by atoms with Crippen LogP contribution in [0.25, 0.3) is 0 Å². The zero-order chi connectivity index (χ0) is 14.8. The molecule has 2 rings (SSSR count). The van der Waals surface area contributed by atoms with Crippen molar-refractivity contribution in [2.45, 2.75) is 39.2 Å². The Bertz CT molecular complexity index is 412. The number of rotatable bonds is 4. The summed E-state index contributed by atoms with van der Waals surface area (Å²) in [4.78, 5) is 23.4. The van der Waals surface area contributed by atoms with Crippen LogP contribution in [0.1, 0.15) is 33.6 Å². The predicted octanol–water partition coefficient (Wildman–Crippen LogP) is 1.84. The van der Waals surface area contributed by atoms with E-state index in [1.165, 1.54) is 0 Å². The molecule has 0 spiro atoms. The topological polar surface area (TPSA) is 67.4 Å². The smallest absolute Gasteiger partial charge is 0.407 e. The van der Waals surface area contributed by atoms with Gasteiger partial charge in [-0.15, -0.1) is 0 Å². The number of hydrogen-bond donors (Lipinski definition) is 2. The fraction of sp³-hybridized carbons (Fsp3) is 0.733. The summed E-state index contributed by atoms with van der Waals surface area (Å²) in [5.41, 5.74) is -0.497. The second-order valence-electron chi connectivity index (χ2n) is 6.61. The molecular weight excluding hydrogens is 256 g/mol. The third-order valence-corrected chi connectivity index (χ3v) is 3.71. The molecule has 2 aliphatic rings. The molecule has 5 heteroatoms. The fourth-order valence-electron chi connectivity index (χ4n) is 2.88. The van der Waals surface area contributed by atoms with Crippen molar-refractivity contribution in [3.8, 4) is 0 Å². The van der Waals surface area contributed by atoms with E-state index in [-0.39, 0.29) is 11.8 Å². The molecule has 2 aliphatic carbocycles. The zero-order valence-electron chi connectivity index (χ0n) is 12.4. The molecule has 0 aliphatic heterocycles. The van der Waals surface area contributed by atoms with E-state index < -0.39 is 11.7 Å². The minimum Gasteiger partial charge on any atom is -0.444 e. The lowest BCUT2D eigenvalue weighted by Crippen LogP contribution is -2.40. The number of ether oxygens (including phenoxy) is 1. The molecule has 2 amide bonds. The van der Waals surface area contributed by atoms with Crippen molar-refractivity contribution in [1.82, 2.24) is 10.6 Å². The van der Waals surface area contributed by atoms with Crippen LogP contribution in [-0.4, -0.2) is 30.7 Å². The normalized spacial score (nSPS) is 27.4. The van der Waals surface area contributed by atoms with Crippen LogP contribution in [0.15, 0.2) is 12.2 Å². The SMILES string of the molecule is CC(C)(C)OC(=O)NCCNC(=O)C1CC2C=CC1C2. The highest BCUT2D eigenvalue weighted by Gasteiger charge is 2.39. The first-order valence-electron chi connectivity index (χ1n) is 7.28. The molecular formula is C15H24N2O3. The van der Waals surface area contributed by atoms with E-state index in [9.17, 15) is 9.59 Å². The first kappa shape index (κ1) is 14.9. The molecule has 2 N–H and O–H groups in total. The average molecular weight is 280 g/mol. The maximum Gasteiger partial charge on any atom is 0.407 e. The summed E-state index contributed by atoms with van der Waals surface area (Å²) in [6, 6.07) is 0. The van der Waals surface area contributed by atoms with Crippen LogP contribution in [0, 0.1) is 17.8 Å². The van der Waals surface area contributed by atoms with Crippen LogP contribution >= 0.6 is 0 Å². The van der Waals surface area contributed by atoms with Gasteiger partial charge in [0.05, 0.1) is 0 Å². The molecule has 0 aromatic carbocycles. The van der Waals surface area contributed by atoms with Crippen molar-refractivity contribution in [3.63, 3.8) is 0 Å². The molecule has 20 heavy (non-hydrogen) atoms. The maximum absolute atomic E-state index is 12.0. The molecule has 1 saturated carbocycles. The van der Waals surface area contributed by atoms with Gasteiger partial charge < -0.3 is 15.4 Å². The Hall–Kier alpha value is -1.52. The maximum atomic E-state index is 12.0. The van der Waals surface area contributed by atoms with E-state index in [4.69, 9.17) is 4.74 Å². The summed E-state index contributed by atoms with van der Waals surface area (Å²) >= 11 is 0. The molecule has 5 nitrogen and oxygen atoms in total. The van der Waals surface area contributed by atoms with Crippen LogP contribution in [0.3, 0.4) is 0 Å². The third-order valence-electron chi connectivity index (χ3n) is 3.71. The lowest BCUT2D eigenvalue weighted by atomic mass is 9.93. The Morgan fingerprint density at radius 3 is 2.40 bits per heavy atom. The van der Waals surface area contributed by atoms with Gasteiger partial charge in [-0.3, -0.25) is 4.79 Å². The van der Waals surface area contributed by atoms with Gasteiger partial charge in [0.15, 0.2) is 0 Å². The van der Waals surface area contributed by atoms with E-state index in [2.05, 4.69) is 22.8 Å². The first-order chi connectivity index (χ1) is 9.35. The number of carbonyl (C=O) groups is 2. The van der Waals surface area contributed by atoms with Crippen molar-refractivity contribution in [2.24, 2.45) is 17.8 Å². The van der Waals surface area contributed by atoms with Gasteiger partial charge in [0.25, 0.3) is 0 Å². The summed E-state index contributed by atoms with van der Waals surface area (Å²) in [6.07, 6.45) is 6.02. The molecule has 0 radical (unpaired) electrons. The number of amides is 2. The number of carbonyl (C=O) groups excluding carboxylic acids is 2. The van der Waals surface area contributed by atoms with Crippen LogP contribution in [0.4, 0.5) is 4.79 Å². The van der Waals surface area contributed by atoms with Crippen molar-refractivity contribution >= 4 is 12.0 Å². The number of alkyl carbamates (subject to hydrolysis) is 1. The molecule has 3 unspecified atom stereocenters. The molecule has 0 aromatic heterocycles. The van der Waals surface area contributed by atoms with Gasteiger partial charge >= 0.3 is 6.09 Å². The molecule has 112 valence electrons. The lowest BCUT2D eigenvalue weighted by Gasteiger charge is -2.20. The molecule has 3 atom stereocenters. The highest BCUT2D eigenvalue weighted by Crippen LogP contribution is 2.43. The van der Waals surface area contributed by atoms with Crippen molar-refractivity contribution in [1.29, 1.82) is 0 Å². The van der Waals surface area contributed by atoms with Crippen LogP contribution in [-0.2, 0) is 9.53 Å². The predicted molar refractivity (Wildman–Crippen MR) is 76.1 cm³/mol. The summed E-state index contributed by atoms with van der Waals surface area (Å²) in [7, 11) is 0. The average Bonchev–Trinajstić information content (AvgIpc) is 2.94. The number of nitrogens with one attached hydrogen (secondary N) is 2. The number of hydrogen-bond acceptors (Lipinski definition) is 3. The largest absolute Gasteiger partial charge is 0.444 e. The Labute approximate surface area is 120 Å². The standard InChI is InChI=1S/C15H24N2O3/c1-15(2,3)20-14(19)17-7-6-16-13(18)12-9-10-4-5-11(12)8-10/h4-5,10-12H,6-9H2,1-3H3,(H,16,18)(H,17,19). The van der Waals surface area contributed by atoms with E-state index in [1.54, 1.807) is 0 Å². The highest BCUT2D eigenvalue weighted by atomic mass is 16.6. The van der Waals surface area contributed by atoms with Gasteiger partial charge in [0.2, 0.25) is 5.91 Å². The van der Waals surface area contributed by atoms with Crippen LogP contribution < -0.4 is 10.6 Å².